The molecule has 3 aromatic rings. The molecular weight excluding hydrogens is 256 g/mol. The maximum atomic E-state index is 6.08. The first-order chi connectivity index (χ1) is 9.63. The quantitative estimate of drug-likeness (QED) is 0.768. The Bertz CT molecular complexity index is 732. The van der Waals surface area contributed by atoms with Gasteiger partial charge in [-0.3, -0.25) is 9.67 Å². The number of nitrogens with zero attached hydrogens (tertiary/aromatic N) is 5. The van der Waals surface area contributed by atoms with E-state index in [-0.39, 0.29) is 0 Å². The van der Waals surface area contributed by atoms with Crippen LogP contribution >= 0.6 is 0 Å². The molecule has 0 saturated heterocycles. The van der Waals surface area contributed by atoms with E-state index in [1.807, 2.05) is 32.3 Å². The zero-order valence-corrected chi connectivity index (χ0v) is 11.2. The molecule has 2 N–H and O–H groups in total. The molecular formula is C13H14N6O. The van der Waals surface area contributed by atoms with Gasteiger partial charge in [-0.2, -0.15) is 10.1 Å². The summed E-state index contributed by atoms with van der Waals surface area (Å²) < 4.78 is 6.90. The first kappa shape index (κ1) is 12.5. The maximum Gasteiger partial charge on any atom is 0.248 e. The van der Waals surface area contributed by atoms with E-state index in [2.05, 4.69) is 20.2 Å². The van der Waals surface area contributed by atoms with Crippen molar-refractivity contribution in [1.82, 2.24) is 24.9 Å². The average molecular weight is 270 g/mol. The van der Waals surface area contributed by atoms with Crippen LogP contribution in [0.3, 0.4) is 0 Å². The largest absolute Gasteiger partial charge is 0.337 e. The smallest absolute Gasteiger partial charge is 0.248 e. The highest BCUT2D eigenvalue weighted by Crippen LogP contribution is 2.20. The first-order valence-electron chi connectivity index (χ1n) is 6.14. The van der Waals surface area contributed by atoms with Crippen LogP contribution in [0.2, 0.25) is 0 Å². The molecule has 0 spiro atoms. The zero-order valence-electron chi connectivity index (χ0n) is 11.2. The second kappa shape index (κ2) is 4.86. The van der Waals surface area contributed by atoms with Gasteiger partial charge >= 0.3 is 0 Å². The second-order valence-electron chi connectivity index (χ2n) is 4.60. The van der Waals surface area contributed by atoms with E-state index < -0.39 is 6.04 Å². The molecule has 102 valence electrons. The van der Waals surface area contributed by atoms with Gasteiger partial charge in [-0.15, -0.1) is 0 Å². The van der Waals surface area contributed by atoms with Crippen LogP contribution in [0.5, 0.6) is 0 Å². The number of nitrogens with two attached hydrogens (primary N) is 1. The van der Waals surface area contributed by atoms with Crippen molar-refractivity contribution in [3.8, 4) is 11.5 Å². The summed E-state index contributed by atoms with van der Waals surface area (Å²) in [6.45, 7) is 1.98. The Labute approximate surface area is 115 Å². The van der Waals surface area contributed by atoms with Crippen molar-refractivity contribution in [2.75, 3.05) is 0 Å². The number of hydrogen-bond donors (Lipinski definition) is 1. The van der Waals surface area contributed by atoms with Crippen molar-refractivity contribution in [2.24, 2.45) is 12.8 Å². The Morgan fingerprint density at radius 1 is 1.40 bits per heavy atom. The molecule has 1 unspecified atom stereocenters. The summed E-state index contributed by atoms with van der Waals surface area (Å²) in [4.78, 5) is 8.52. The van der Waals surface area contributed by atoms with Gasteiger partial charge in [-0.1, -0.05) is 5.16 Å². The van der Waals surface area contributed by atoms with Crippen LogP contribution in [0, 0.1) is 6.92 Å². The summed E-state index contributed by atoms with van der Waals surface area (Å²) in [6, 6.07) is 3.31. The fourth-order valence-electron chi connectivity index (χ4n) is 1.87. The molecule has 0 radical (unpaired) electrons. The lowest BCUT2D eigenvalue weighted by molar-refractivity contribution is 0.367. The minimum absolute atomic E-state index is 0.344. The number of hydrogen-bond acceptors (Lipinski definition) is 6. The van der Waals surface area contributed by atoms with E-state index in [0.717, 1.165) is 11.1 Å². The van der Waals surface area contributed by atoms with Gasteiger partial charge in [-0.25, -0.2) is 0 Å². The van der Waals surface area contributed by atoms with Crippen LogP contribution in [-0.2, 0) is 7.05 Å². The van der Waals surface area contributed by atoms with Crippen molar-refractivity contribution >= 4 is 0 Å². The monoisotopic (exact) mass is 270 g/mol. The highest BCUT2D eigenvalue weighted by Gasteiger charge is 2.19. The number of aromatic nitrogens is 5. The molecule has 0 aliphatic carbocycles. The summed E-state index contributed by atoms with van der Waals surface area (Å²) in [5.41, 5.74) is 8.65. The van der Waals surface area contributed by atoms with Gasteiger partial charge in [0, 0.05) is 25.0 Å². The molecule has 3 rings (SSSR count). The van der Waals surface area contributed by atoms with E-state index in [4.69, 9.17) is 10.3 Å². The van der Waals surface area contributed by atoms with E-state index in [0.29, 0.717) is 17.4 Å². The highest BCUT2D eigenvalue weighted by atomic mass is 16.5. The third-order valence-electron chi connectivity index (χ3n) is 2.94. The van der Waals surface area contributed by atoms with Gasteiger partial charge in [0.2, 0.25) is 11.7 Å². The van der Waals surface area contributed by atoms with E-state index in [1.165, 1.54) is 0 Å². The Balaban J connectivity index is 1.90. The molecule has 0 bridgehead atoms. The molecule has 0 aliphatic rings. The van der Waals surface area contributed by atoms with Gasteiger partial charge in [0.1, 0.15) is 11.7 Å². The fraction of sp³-hybridized carbons (Fsp3) is 0.231. The van der Waals surface area contributed by atoms with Crippen LogP contribution in [0.1, 0.15) is 23.1 Å². The summed E-state index contributed by atoms with van der Waals surface area (Å²) in [7, 11) is 1.83. The van der Waals surface area contributed by atoms with Gasteiger partial charge in [-0.05, 0) is 24.6 Å². The van der Waals surface area contributed by atoms with E-state index in [1.54, 1.807) is 17.1 Å². The summed E-state index contributed by atoms with van der Waals surface area (Å²) >= 11 is 0. The number of aryl methyl sites for hydroxylation is 2. The third kappa shape index (κ3) is 2.30. The molecule has 3 heterocycles. The maximum absolute atomic E-state index is 6.08. The van der Waals surface area contributed by atoms with Crippen molar-refractivity contribution in [1.29, 1.82) is 0 Å². The molecule has 20 heavy (non-hydrogen) atoms. The lowest BCUT2D eigenvalue weighted by atomic mass is 10.2. The Morgan fingerprint density at radius 3 is 2.95 bits per heavy atom. The number of pyridine rings is 1. The molecule has 0 aliphatic heterocycles. The second-order valence-corrected chi connectivity index (χ2v) is 4.60. The molecule has 3 aromatic heterocycles. The van der Waals surface area contributed by atoms with Crippen molar-refractivity contribution in [2.45, 2.75) is 13.0 Å². The van der Waals surface area contributed by atoms with Crippen LogP contribution < -0.4 is 5.73 Å². The molecule has 0 fully saturated rings. The minimum atomic E-state index is -0.491. The van der Waals surface area contributed by atoms with Gasteiger partial charge in [0.15, 0.2) is 0 Å². The predicted octanol–water partition coefficient (Wildman–Crippen LogP) is 1.22. The zero-order chi connectivity index (χ0) is 14.1. The summed E-state index contributed by atoms with van der Waals surface area (Å²) in [5.74, 6) is 0.777. The van der Waals surface area contributed by atoms with Crippen LogP contribution in [0.4, 0.5) is 0 Å². The van der Waals surface area contributed by atoms with E-state index >= 15 is 0 Å². The summed E-state index contributed by atoms with van der Waals surface area (Å²) in [5, 5.41) is 8.00. The Hall–Kier alpha value is -2.54. The Morgan fingerprint density at radius 2 is 2.25 bits per heavy atom. The van der Waals surface area contributed by atoms with Crippen LogP contribution in [0.25, 0.3) is 11.5 Å². The lowest BCUT2D eigenvalue weighted by Crippen LogP contribution is -2.11. The van der Waals surface area contributed by atoms with Gasteiger partial charge in [0.25, 0.3) is 0 Å². The van der Waals surface area contributed by atoms with Crippen molar-refractivity contribution in [3.63, 3.8) is 0 Å². The lowest BCUT2D eigenvalue weighted by Gasteiger charge is -2.01. The molecule has 0 amide bonds. The predicted molar refractivity (Wildman–Crippen MR) is 71.5 cm³/mol. The first-order valence-corrected chi connectivity index (χ1v) is 6.14. The molecule has 7 heteroatoms. The molecule has 0 aromatic carbocycles. The van der Waals surface area contributed by atoms with Crippen LogP contribution in [0.15, 0.2) is 35.2 Å². The molecule has 1 atom stereocenters. The molecule has 0 saturated carbocycles. The van der Waals surface area contributed by atoms with Crippen LogP contribution in [-0.4, -0.2) is 24.9 Å². The van der Waals surface area contributed by atoms with Gasteiger partial charge in [0.05, 0.1) is 6.20 Å². The Kier molecular flexibility index (Phi) is 3.03. The highest BCUT2D eigenvalue weighted by molar-refractivity contribution is 5.49. The molecule has 7 nitrogen and oxygen atoms in total. The normalized spacial score (nSPS) is 12.6. The standard InChI is InChI=1S/C13H14N6O/c1-8-3-4-15-10(5-8)12-17-13(20-18-12)11(14)9-6-16-19(2)7-9/h3-7,11H,14H2,1-2H3. The summed E-state index contributed by atoms with van der Waals surface area (Å²) in [6.07, 6.45) is 5.21. The average Bonchev–Trinajstić information content (AvgIpc) is 3.07. The minimum Gasteiger partial charge on any atom is -0.337 e. The van der Waals surface area contributed by atoms with Gasteiger partial charge < -0.3 is 10.3 Å². The van der Waals surface area contributed by atoms with Crippen molar-refractivity contribution < 1.29 is 4.52 Å². The SMILES string of the molecule is Cc1ccnc(-c2noc(C(N)c3cnn(C)c3)n2)c1. The number of rotatable bonds is 3. The fourth-order valence-corrected chi connectivity index (χ4v) is 1.87. The topological polar surface area (TPSA) is 95.6 Å². The van der Waals surface area contributed by atoms with Crippen molar-refractivity contribution in [3.05, 3.63) is 47.7 Å². The third-order valence-corrected chi connectivity index (χ3v) is 2.94. The van der Waals surface area contributed by atoms with E-state index in [9.17, 15) is 0 Å².